The number of hydrogen-bond donors (Lipinski definition) is 0. The lowest BCUT2D eigenvalue weighted by Gasteiger charge is -2.10. The Morgan fingerprint density at radius 1 is 1.17 bits per heavy atom. The summed E-state index contributed by atoms with van der Waals surface area (Å²) in [4.78, 5) is 0. The van der Waals surface area contributed by atoms with Gasteiger partial charge in [0, 0.05) is 5.82 Å². The Balaban J connectivity index is 4.05. The Kier molecular flexibility index (Phi) is 6.28. The molecule has 0 unspecified atom stereocenters. The van der Waals surface area contributed by atoms with Crippen LogP contribution in [0.1, 0.15) is 40.5 Å². The van der Waals surface area contributed by atoms with Gasteiger partial charge in [0.25, 0.3) is 0 Å². The quantitative estimate of drug-likeness (QED) is 0.586. The second-order valence-corrected chi connectivity index (χ2v) is 4.56. The molecule has 70 valence electrons. The van der Waals surface area contributed by atoms with E-state index in [0.717, 1.165) is 12.8 Å². The highest BCUT2D eigenvalue weighted by atomic mass is 31.1. The first-order chi connectivity index (χ1) is 5.56. The van der Waals surface area contributed by atoms with Crippen molar-refractivity contribution in [3.05, 3.63) is 11.4 Å². The fourth-order valence-corrected chi connectivity index (χ4v) is 1.67. The average Bonchev–Trinajstić information content (AvgIpc) is 1.84. The lowest BCUT2D eigenvalue weighted by Crippen LogP contribution is -1.95. The second kappa shape index (κ2) is 6.37. The molecular weight excluding hydrogens is 167 g/mol. The minimum absolute atomic E-state index is 0.153. The van der Waals surface area contributed by atoms with E-state index in [0.29, 0.717) is 11.8 Å². The standard InChI is InChI=1S/C10H19OP/c1-8(2)5-10(7-12-11)6-9(3)4/h7-9H,5-6H2,1-4H3. The van der Waals surface area contributed by atoms with Gasteiger partial charge in [-0.05, 0) is 24.7 Å². The Morgan fingerprint density at radius 2 is 1.58 bits per heavy atom. The average molecular weight is 186 g/mol. The molecule has 1 nitrogen and oxygen atoms in total. The van der Waals surface area contributed by atoms with Crippen molar-refractivity contribution in [2.45, 2.75) is 40.5 Å². The summed E-state index contributed by atoms with van der Waals surface area (Å²) in [5.74, 6) is 3.15. The fourth-order valence-electron chi connectivity index (χ4n) is 1.31. The zero-order valence-corrected chi connectivity index (χ0v) is 9.40. The van der Waals surface area contributed by atoms with Crippen molar-refractivity contribution in [2.75, 3.05) is 0 Å². The third-order valence-corrected chi connectivity index (χ3v) is 2.05. The number of hydrogen-bond acceptors (Lipinski definition) is 1. The predicted molar refractivity (Wildman–Crippen MR) is 54.6 cm³/mol. The molecule has 0 N–H and O–H groups in total. The van der Waals surface area contributed by atoms with Crippen molar-refractivity contribution < 1.29 is 4.57 Å². The third-order valence-electron chi connectivity index (χ3n) is 1.58. The van der Waals surface area contributed by atoms with E-state index in [1.54, 1.807) is 0 Å². The molecular formula is C10H19OP. The lowest BCUT2D eigenvalue weighted by atomic mass is 9.97. The minimum Gasteiger partial charge on any atom is -0.270 e. The van der Waals surface area contributed by atoms with Gasteiger partial charge in [0.05, 0.1) is 0 Å². The maximum Gasteiger partial charge on any atom is 0.184 e. The Labute approximate surface area is 77.5 Å². The summed E-state index contributed by atoms with van der Waals surface area (Å²) >= 11 is 0. The van der Waals surface area contributed by atoms with E-state index in [1.807, 2.05) is 5.82 Å². The molecule has 0 heterocycles. The van der Waals surface area contributed by atoms with Gasteiger partial charge >= 0.3 is 0 Å². The van der Waals surface area contributed by atoms with E-state index in [1.165, 1.54) is 5.57 Å². The molecule has 12 heavy (non-hydrogen) atoms. The molecule has 0 bridgehead atoms. The summed E-state index contributed by atoms with van der Waals surface area (Å²) in [6.45, 7) is 8.76. The highest BCUT2D eigenvalue weighted by molar-refractivity contribution is 7.27. The van der Waals surface area contributed by atoms with Gasteiger partial charge in [-0.1, -0.05) is 33.3 Å². The van der Waals surface area contributed by atoms with Crippen molar-refractivity contribution >= 4 is 8.46 Å². The lowest BCUT2D eigenvalue weighted by molar-refractivity contribution is 0.570. The summed E-state index contributed by atoms with van der Waals surface area (Å²) in [5.41, 5.74) is 1.33. The molecule has 0 aliphatic rings. The molecule has 0 aliphatic carbocycles. The van der Waals surface area contributed by atoms with Crippen LogP contribution in [0.15, 0.2) is 11.4 Å². The van der Waals surface area contributed by atoms with Crippen molar-refractivity contribution in [3.8, 4) is 0 Å². The van der Waals surface area contributed by atoms with Gasteiger partial charge < -0.3 is 0 Å². The van der Waals surface area contributed by atoms with Crippen LogP contribution < -0.4 is 0 Å². The molecule has 0 aromatic heterocycles. The second-order valence-electron chi connectivity index (χ2n) is 4.09. The Hall–Kier alpha value is -0.160. The molecule has 0 fully saturated rings. The van der Waals surface area contributed by atoms with Gasteiger partial charge in [-0.3, -0.25) is 4.57 Å². The van der Waals surface area contributed by atoms with E-state index in [4.69, 9.17) is 0 Å². The predicted octanol–water partition coefficient (Wildman–Crippen LogP) is 4.25. The molecule has 0 rings (SSSR count). The van der Waals surface area contributed by atoms with Crippen LogP contribution >= 0.6 is 8.46 Å². The summed E-state index contributed by atoms with van der Waals surface area (Å²) in [6.07, 6.45) is 2.15. The SMILES string of the molecule is CC(C)CC(=CP=O)CC(C)C. The molecule has 0 spiro atoms. The number of allylic oxidation sites excluding steroid dienone is 1. The van der Waals surface area contributed by atoms with Gasteiger partial charge in [-0.15, -0.1) is 0 Å². The van der Waals surface area contributed by atoms with E-state index in [-0.39, 0.29) is 8.46 Å². The first-order valence-corrected chi connectivity index (χ1v) is 5.44. The summed E-state index contributed by atoms with van der Waals surface area (Å²) in [6, 6.07) is 0. The molecule has 0 aromatic carbocycles. The van der Waals surface area contributed by atoms with Crippen LogP contribution in [-0.4, -0.2) is 0 Å². The molecule has 0 saturated carbocycles. The fraction of sp³-hybridized carbons (Fsp3) is 0.800. The third kappa shape index (κ3) is 6.54. The largest absolute Gasteiger partial charge is 0.270 e. The number of rotatable bonds is 5. The molecule has 0 aliphatic heterocycles. The normalized spacial score (nSPS) is 11.2. The summed E-state index contributed by atoms with van der Waals surface area (Å²) in [7, 11) is 0.153. The molecule has 0 atom stereocenters. The Bertz CT molecular complexity index is 147. The topological polar surface area (TPSA) is 17.1 Å². The van der Waals surface area contributed by atoms with Crippen LogP contribution in [-0.2, 0) is 4.57 Å². The van der Waals surface area contributed by atoms with E-state index in [9.17, 15) is 4.57 Å². The first kappa shape index (κ1) is 11.8. The molecule has 0 radical (unpaired) electrons. The van der Waals surface area contributed by atoms with E-state index < -0.39 is 0 Å². The van der Waals surface area contributed by atoms with Crippen LogP contribution in [0.2, 0.25) is 0 Å². The van der Waals surface area contributed by atoms with Crippen molar-refractivity contribution in [1.82, 2.24) is 0 Å². The van der Waals surface area contributed by atoms with Crippen LogP contribution in [0, 0.1) is 11.8 Å². The Morgan fingerprint density at radius 3 is 1.83 bits per heavy atom. The smallest absolute Gasteiger partial charge is 0.184 e. The van der Waals surface area contributed by atoms with Crippen LogP contribution in [0.4, 0.5) is 0 Å². The molecule has 0 aromatic rings. The van der Waals surface area contributed by atoms with Crippen molar-refractivity contribution in [3.63, 3.8) is 0 Å². The first-order valence-electron chi connectivity index (χ1n) is 4.56. The summed E-state index contributed by atoms with van der Waals surface area (Å²) in [5, 5.41) is 0. The van der Waals surface area contributed by atoms with E-state index >= 15 is 0 Å². The van der Waals surface area contributed by atoms with Gasteiger partial charge in [0.1, 0.15) is 0 Å². The molecule has 0 amide bonds. The monoisotopic (exact) mass is 186 g/mol. The van der Waals surface area contributed by atoms with E-state index in [2.05, 4.69) is 27.7 Å². The van der Waals surface area contributed by atoms with Gasteiger partial charge in [-0.2, -0.15) is 0 Å². The van der Waals surface area contributed by atoms with Crippen LogP contribution in [0.5, 0.6) is 0 Å². The molecule has 2 heteroatoms. The zero-order valence-electron chi connectivity index (χ0n) is 8.50. The maximum absolute atomic E-state index is 10.4. The van der Waals surface area contributed by atoms with Gasteiger partial charge in [0.15, 0.2) is 8.46 Å². The van der Waals surface area contributed by atoms with Gasteiger partial charge in [0.2, 0.25) is 0 Å². The van der Waals surface area contributed by atoms with Crippen molar-refractivity contribution in [2.24, 2.45) is 11.8 Å². The molecule has 0 saturated heterocycles. The van der Waals surface area contributed by atoms with Crippen LogP contribution in [0.3, 0.4) is 0 Å². The highest BCUT2D eigenvalue weighted by Crippen LogP contribution is 2.21. The minimum atomic E-state index is 0.153. The highest BCUT2D eigenvalue weighted by Gasteiger charge is 2.03. The van der Waals surface area contributed by atoms with Crippen molar-refractivity contribution in [1.29, 1.82) is 0 Å². The zero-order chi connectivity index (χ0) is 9.56. The van der Waals surface area contributed by atoms with Gasteiger partial charge in [-0.25, -0.2) is 0 Å². The van der Waals surface area contributed by atoms with Crippen LogP contribution in [0.25, 0.3) is 0 Å². The summed E-state index contributed by atoms with van der Waals surface area (Å²) < 4.78 is 10.4. The maximum atomic E-state index is 10.4.